The Morgan fingerprint density at radius 2 is 1.95 bits per heavy atom. The minimum atomic E-state index is -3.48. The van der Waals surface area contributed by atoms with Gasteiger partial charge >= 0.3 is 0 Å². The van der Waals surface area contributed by atoms with E-state index in [1.807, 2.05) is 0 Å². The molecule has 1 aliphatic rings. The van der Waals surface area contributed by atoms with Gasteiger partial charge in [-0.15, -0.1) is 0 Å². The summed E-state index contributed by atoms with van der Waals surface area (Å²) in [5.74, 6) is 0.373. The molecule has 114 valence electrons. The van der Waals surface area contributed by atoms with Gasteiger partial charge in [-0.25, -0.2) is 13.1 Å². The molecular weight excluding hydrogens is 274 g/mol. The van der Waals surface area contributed by atoms with Crippen LogP contribution in [0.1, 0.15) is 52.1 Å². The lowest BCUT2D eigenvalue weighted by molar-refractivity contribution is 0.144. The van der Waals surface area contributed by atoms with E-state index in [0.29, 0.717) is 11.6 Å². The van der Waals surface area contributed by atoms with Crippen LogP contribution in [-0.4, -0.2) is 24.7 Å². The maximum absolute atomic E-state index is 12.5. The fraction of sp³-hybridized carbons (Fsp3) is 0.786. The Labute approximate surface area is 121 Å². The predicted molar refractivity (Wildman–Crippen MR) is 78.8 cm³/mol. The average molecular weight is 299 g/mol. The molecule has 2 unspecified atom stereocenters. The van der Waals surface area contributed by atoms with Crippen molar-refractivity contribution < 1.29 is 8.42 Å². The van der Waals surface area contributed by atoms with E-state index >= 15 is 0 Å². The fourth-order valence-corrected chi connectivity index (χ4v) is 4.63. The number of nitrogens with zero attached hydrogens (tertiary/aromatic N) is 1. The summed E-state index contributed by atoms with van der Waals surface area (Å²) in [6.07, 6.45) is 5.65. The molecule has 0 aromatic carbocycles. The van der Waals surface area contributed by atoms with Gasteiger partial charge in [0.15, 0.2) is 0 Å². The maximum atomic E-state index is 12.5. The highest BCUT2D eigenvalue weighted by Crippen LogP contribution is 2.38. The Kier molecular flexibility index (Phi) is 4.25. The van der Waals surface area contributed by atoms with E-state index in [4.69, 9.17) is 0 Å². The third-order valence-corrected chi connectivity index (χ3v) is 5.86. The van der Waals surface area contributed by atoms with Gasteiger partial charge < -0.3 is 0 Å². The van der Waals surface area contributed by atoms with E-state index in [0.717, 1.165) is 19.3 Å². The molecule has 0 radical (unpaired) electrons. The SMILES string of the molecule is Cc1[nH]ncc1S(=O)(=O)NC1CCCCC1C(C)(C)C. The summed E-state index contributed by atoms with van der Waals surface area (Å²) in [6, 6.07) is 0.0167. The van der Waals surface area contributed by atoms with Crippen molar-refractivity contribution in [3.8, 4) is 0 Å². The maximum Gasteiger partial charge on any atom is 0.244 e. The number of H-pyrrole nitrogens is 1. The molecule has 20 heavy (non-hydrogen) atoms. The predicted octanol–water partition coefficient (Wildman–Crippen LogP) is 2.60. The van der Waals surface area contributed by atoms with Gasteiger partial charge in [-0.05, 0) is 31.1 Å². The van der Waals surface area contributed by atoms with E-state index in [2.05, 4.69) is 35.7 Å². The van der Waals surface area contributed by atoms with Crippen molar-refractivity contribution in [1.82, 2.24) is 14.9 Å². The minimum Gasteiger partial charge on any atom is -0.281 e. The first-order chi connectivity index (χ1) is 9.22. The highest BCUT2D eigenvalue weighted by molar-refractivity contribution is 7.89. The van der Waals surface area contributed by atoms with Crippen molar-refractivity contribution in [3.05, 3.63) is 11.9 Å². The number of aromatic nitrogens is 2. The molecule has 2 rings (SSSR count). The first kappa shape index (κ1) is 15.5. The van der Waals surface area contributed by atoms with E-state index in [1.165, 1.54) is 12.6 Å². The van der Waals surface area contributed by atoms with Crippen LogP contribution in [-0.2, 0) is 10.0 Å². The Balaban J connectivity index is 2.21. The number of aromatic amines is 1. The Morgan fingerprint density at radius 3 is 2.50 bits per heavy atom. The van der Waals surface area contributed by atoms with Crippen molar-refractivity contribution in [1.29, 1.82) is 0 Å². The van der Waals surface area contributed by atoms with Gasteiger partial charge in [0.2, 0.25) is 10.0 Å². The Bertz CT molecular complexity index is 557. The molecule has 0 spiro atoms. The highest BCUT2D eigenvalue weighted by Gasteiger charge is 2.36. The van der Waals surface area contributed by atoms with Gasteiger partial charge in [0, 0.05) is 6.04 Å². The zero-order valence-electron chi connectivity index (χ0n) is 12.7. The molecule has 1 aliphatic carbocycles. The van der Waals surface area contributed by atoms with Crippen LogP contribution in [0.4, 0.5) is 0 Å². The summed E-state index contributed by atoms with van der Waals surface area (Å²) in [7, 11) is -3.48. The van der Waals surface area contributed by atoms with E-state index in [-0.39, 0.29) is 16.4 Å². The molecule has 0 saturated heterocycles. The van der Waals surface area contributed by atoms with Crippen molar-refractivity contribution in [3.63, 3.8) is 0 Å². The van der Waals surface area contributed by atoms with Crippen LogP contribution in [0.25, 0.3) is 0 Å². The minimum absolute atomic E-state index is 0.0167. The van der Waals surface area contributed by atoms with Gasteiger partial charge in [-0.2, -0.15) is 5.10 Å². The molecule has 2 N–H and O–H groups in total. The van der Waals surface area contributed by atoms with Crippen LogP contribution in [0.5, 0.6) is 0 Å². The molecule has 0 amide bonds. The lowest BCUT2D eigenvalue weighted by Gasteiger charge is -2.40. The van der Waals surface area contributed by atoms with Crippen molar-refractivity contribution in [2.75, 3.05) is 0 Å². The molecule has 1 aromatic heterocycles. The highest BCUT2D eigenvalue weighted by atomic mass is 32.2. The first-order valence-corrected chi connectivity index (χ1v) is 8.72. The average Bonchev–Trinajstić information content (AvgIpc) is 2.75. The summed E-state index contributed by atoms with van der Waals surface area (Å²) in [5.41, 5.74) is 0.694. The van der Waals surface area contributed by atoms with E-state index < -0.39 is 10.0 Å². The number of hydrogen-bond donors (Lipinski definition) is 2. The van der Waals surface area contributed by atoms with Gasteiger partial charge in [-0.1, -0.05) is 33.6 Å². The quantitative estimate of drug-likeness (QED) is 0.901. The second-order valence-electron chi connectivity index (χ2n) is 6.84. The molecule has 1 saturated carbocycles. The van der Waals surface area contributed by atoms with Crippen LogP contribution in [0.2, 0.25) is 0 Å². The fourth-order valence-electron chi connectivity index (χ4n) is 3.18. The summed E-state index contributed by atoms with van der Waals surface area (Å²) in [5, 5.41) is 6.49. The van der Waals surface area contributed by atoms with Gasteiger partial charge in [-0.3, -0.25) is 5.10 Å². The largest absolute Gasteiger partial charge is 0.281 e. The molecule has 1 fully saturated rings. The molecule has 1 heterocycles. The normalized spacial score (nSPS) is 24.8. The molecule has 0 aliphatic heterocycles. The number of hydrogen-bond acceptors (Lipinski definition) is 3. The summed E-state index contributed by atoms with van der Waals surface area (Å²) < 4.78 is 27.9. The van der Waals surface area contributed by atoms with E-state index in [9.17, 15) is 8.42 Å². The zero-order chi connectivity index (χ0) is 15.0. The monoisotopic (exact) mass is 299 g/mol. The second kappa shape index (κ2) is 5.48. The van der Waals surface area contributed by atoms with Crippen molar-refractivity contribution in [2.45, 2.75) is 64.3 Å². The standard InChI is InChI=1S/C14H25N3O2S/c1-10-13(9-15-16-10)20(18,19)17-12-8-6-5-7-11(12)14(2,3)4/h9,11-12,17H,5-8H2,1-4H3,(H,15,16). The van der Waals surface area contributed by atoms with Crippen molar-refractivity contribution >= 4 is 10.0 Å². The van der Waals surface area contributed by atoms with Crippen LogP contribution < -0.4 is 4.72 Å². The van der Waals surface area contributed by atoms with Crippen molar-refractivity contribution in [2.24, 2.45) is 11.3 Å². The number of aryl methyl sites for hydroxylation is 1. The Morgan fingerprint density at radius 1 is 1.30 bits per heavy atom. The van der Waals surface area contributed by atoms with Gasteiger partial charge in [0.05, 0.1) is 11.9 Å². The number of rotatable bonds is 3. The molecule has 2 atom stereocenters. The topological polar surface area (TPSA) is 74.8 Å². The first-order valence-electron chi connectivity index (χ1n) is 7.24. The zero-order valence-corrected chi connectivity index (χ0v) is 13.5. The molecule has 0 bridgehead atoms. The number of nitrogens with one attached hydrogen (secondary N) is 2. The smallest absolute Gasteiger partial charge is 0.244 e. The number of sulfonamides is 1. The van der Waals surface area contributed by atoms with Crippen LogP contribution in [0.3, 0.4) is 0 Å². The van der Waals surface area contributed by atoms with Gasteiger partial charge in [0.1, 0.15) is 4.90 Å². The van der Waals surface area contributed by atoms with Gasteiger partial charge in [0.25, 0.3) is 0 Å². The third kappa shape index (κ3) is 3.23. The third-order valence-electron chi connectivity index (χ3n) is 4.26. The van der Waals surface area contributed by atoms with E-state index in [1.54, 1.807) is 6.92 Å². The van der Waals surface area contributed by atoms with Crippen LogP contribution >= 0.6 is 0 Å². The molecular formula is C14H25N3O2S. The summed E-state index contributed by atoms with van der Waals surface area (Å²) >= 11 is 0. The second-order valence-corrected chi connectivity index (χ2v) is 8.53. The van der Waals surface area contributed by atoms with Crippen LogP contribution in [0, 0.1) is 18.3 Å². The lowest BCUT2D eigenvalue weighted by Crippen LogP contribution is -2.46. The molecule has 6 heteroatoms. The summed E-state index contributed by atoms with van der Waals surface area (Å²) in [6.45, 7) is 8.29. The Hall–Kier alpha value is -0.880. The molecule has 1 aromatic rings. The van der Waals surface area contributed by atoms with Crippen LogP contribution in [0.15, 0.2) is 11.1 Å². The lowest BCUT2D eigenvalue weighted by atomic mass is 9.70. The molecule has 5 nitrogen and oxygen atoms in total. The summed E-state index contributed by atoms with van der Waals surface area (Å²) in [4.78, 5) is 0.260.